The van der Waals surface area contributed by atoms with E-state index in [2.05, 4.69) is 10.0 Å². The summed E-state index contributed by atoms with van der Waals surface area (Å²) in [6, 6.07) is -1.09. The van der Waals surface area contributed by atoms with Gasteiger partial charge in [-0.05, 0) is 23.7 Å². The predicted molar refractivity (Wildman–Crippen MR) is 88.5 cm³/mol. The van der Waals surface area contributed by atoms with Gasteiger partial charge in [0.25, 0.3) is 0 Å². The number of hydrogen-bond donors (Lipinski definition) is 2. The van der Waals surface area contributed by atoms with E-state index in [9.17, 15) is 15.0 Å². The first-order valence-electron chi connectivity index (χ1n) is 7.77. The van der Waals surface area contributed by atoms with Crippen LogP contribution in [0.3, 0.4) is 0 Å². The molecule has 0 aromatic heterocycles. The summed E-state index contributed by atoms with van der Waals surface area (Å²) >= 11 is 0. The number of rotatable bonds is 5. The standard InChI is InChI=1S/C14H27N3O6Si/c1-8(18)21-7-9-11(19)12(20)10(16-17-15)13(22-9)23-24(5,6)14(2,3)4/h9-13,19-20H,7H2,1-6H3/t9?,10-,11?,12-,13?/m0/s1. The predicted octanol–water partition coefficient (Wildman–Crippen LogP) is 1.70. The minimum atomic E-state index is -2.30. The Kier molecular flexibility index (Phi) is 6.80. The maximum Gasteiger partial charge on any atom is 0.302 e. The second-order valence-electron chi connectivity index (χ2n) is 7.40. The number of ether oxygens (including phenoxy) is 2. The van der Waals surface area contributed by atoms with Gasteiger partial charge in [0.1, 0.15) is 24.9 Å². The molecule has 10 heteroatoms. The van der Waals surface area contributed by atoms with Crippen molar-refractivity contribution in [1.82, 2.24) is 0 Å². The molecule has 1 aliphatic heterocycles. The van der Waals surface area contributed by atoms with Crippen LogP contribution in [0.4, 0.5) is 0 Å². The van der Waals surface area contributed by atoms with Crippen molar-refractivity contribution in [3.8, 4) is 0 Å². The molecule has 0 aromatic carbocycles. The van der Waals surface area contributed by atoms with Crippen molar-refractivity contribution in [2.45, 2.75) is 76.5 Å². The summed E-state index contributed by atoms with van der Waals surface area (Å²) < 4.78 is 16.6. The Balaban J connectivity index is 3.02. The lowest BCUT2D eigenvalue weighted by Crippen LogP contribution is -2.61. The number of azide groups is 1. The van der Waals surface area contributed by atoms with E-state index < -0.39 is 44.9 Å². The molecule has 0 radical (unpaired) electrons. The van der Waals surface area contributed by atoms with Gasteiger partial charge in [-0.3, -0.25) is 4.79 Å². The molecule has 1 rings (SSSR count). The zero-order valence-corrected chi connectivity index (χ0v) is 16.0. The van der Waals surface area contributed by atoms with Gasteiger partial charge in [0.15, 0.2) is 14.6 Å². The number of nitrogens with zero attached hydrogens (tertiary/aromatic N) is 3. The van der Waals surface area contributed by atoms with E-state index in [1.165, 1.54) is 6.92 Å². The van der Waals surface area contributed by atoms with Crippen LogP contribution in [0, 0.1) is 0 Å². The second kappa shape index (κ2) is 7.81. The van der Waals surface area contributed by atoms with Crippen molar-refractivity contribution in [2.24, 2.45) is 5.11 Å². The van der Waals surface area contributed by atoms with Gasteiger partial charge in [0, 0.05) is 11.8 Å². The van der Waals surface area contributed by atoms with E-state index in [4.69, 9.17) is 19.4 Å². The molecular weight excluding hydrogens is 334 g/mol. The van der Waals surface area contributed by atoms with E-state index in [1.807, 2.05) is 33.9 Å². The molecule has 24 heavy (non-hydrogen) atoms. The van der Waals surface area contributed by atoms with Gasteiger partial charge in [-0.1, -0.05) is 25.9 Å². The van der Waals surface area contributed by atoms with Crippen molar-refractivity contribution in [1.29, 1.82) is 0 Å². The fraction of sp³-hybridized carbons (Fsp3) is 0.929. The molecule has 138 valence electrons. The molecule has 3 unspecified atom stereocenters. The van der Waals surface area contributed by atoms with Crippen LogP contribution in [0.25, 0.3) is 10.4 Å². The maximum absolute atomic E-state index is 11.0. The normalized spacial score (nSPS) is 31.2. The number of hydrogen-bond acceptors (Lipinski definition) is 7. The zero-order chi connectivity index (χ0) is 18.7. The van der Waals surface area contributed by atoms with Crippen molar-refractivity contribution >= 4 is 14.3 Å². The van der Waals surface area contributed by atoms with Crippen LogP contribution >= 0.6 is 0 Å². The smallest absolute Gasteiger partial charge is 0.302 e. The highest BCUT2D eigenvalue weighted by atomic mass is 28.4. The van der Waals surface area contributed by atoms with Crippen LogP contribution in [0.1, 0.15) is 27.7 Å². The first kappa shape index (κ1) is 20.9. The molecule has 0 saturated carbocycles. The van der Waals surface area contributed by atoms with Gasteiger partial charge < -0.3 is 24.1 Å². The van der Waals surface area contributed by atoms with Crippen LogP contribution in [0.15, 0.2) is 5.11 Å². The average Bonchev–Trinajstić information content (AvgIpc) is 2.43. The molecule has 1 heterocycles. The van der Waals surface area contributed by atoms with E-state index >= 15 is 0 Å². The van der Waals surface area contributed by atoms with Crippen molar-refractivity contribution in [2.75, 3.05) is 6.61 Å². The largest absolute Gasteiger partial charge is 0.463 e. The first-order chi connectivity index (χ1) is 10.9. The summed E-state index contributed by atoms with van der Waals surface area (Å²) in [6.07, 6.45) is -4.74. The van der Waals surface area contributed by atoms with Crippen molar-refractivity contribution < 1.29 is 28.9 Å². The molecule has 0 aromatic rings. The third kappa shape index (κ3) is 4.92. The van der Waals surface area contributed by atoms with E-state index in [-0.39, 0.29) is 11.6 Å². The average molecular weight is 361 g/mol. The topological polar surface area (TPSA) is 134 Å². The van der Waals surface area contributed by atoms with Crippen molar-refractivity contribution in [3.63, 3.8) is 0 Å². The summed E-state index contributed by atoms with van der Waals surface area (Å²) in [4.78, 5) is 13.7. The second-order valence-corrected chi connectivity index (χ2v) is 12.2. The number of aliphatic hydroxyl groups is 2. The van der Waals surface area contributed by atoms with Crippen LogP contribution in [0.2, 0.25) is 18.1 Å². The van der Waals surface area contributed by atoms with Crippen LogP contribution in [-0.2, 0) is 18.7 Å². The summed E-state index contributed by atoms with van der Waals surface area (Å²) in [5.74, 6) is -0.528. The molecule has 1 saturated heterocycles. The number of esters is 1. The molecule has 0 aliphatic carbocycles. The monoisotopic (exact) mass is 361 g/mol. The highest BCUT2D eigenvalue weighted by molar-refractivity contribution is 6.74. The van der Waals surface area contributed by atoms with Crippen LogP contribution < -0.4 is 0 Å². The quantitative estimate of drug-likeness (QED) is 0.252. The first-order valence-corrected chi connectivity index (χ1v) is 10.7. The molecular formula is C14H27N3O6Si. The number of carbonyl (C=O) groups is 1. The highest BCUT2D eigenvalue weighted by Gasteiger charge is 2.49. The Morgan fingerprint density at radius 2 is 1.92 bits per heavy atom. The SMILES string of the molecule is CC(=O)OCC1OC(O[Si](C)(C)C(C)(C)C)[C@@H](N=[N+]=[N-])[C@H](O)C1O. The molecule has 9 nitrogen and oxygen atoms in total. The Morgan fingerprint density at radius 3 is 2.38 bits per heavy atom. The Hall–Kier alpha value is -1.16. The van der Waals surface area contributed by atoms with E-state index in [0.29, 0.717) is 0 Å². The number of aliphatic hydroxyl groups excluding tert-OH is 2. The van der Waals surface area contributed by atoms with Crippen LogP contribution in [0.5, 0.6) is 0 Å². The lowest BCUT2D eigenvalue weighted by molar-refractivity contribution is -0.245. The minimum absolute atomic E-state index is 0.135. The highest BCUT2D eigenvalue weighted by Crippen LogP contribution is 2.39. The van der Waals surface area contributed by atoms with Gasteiger partial charge in [-0.15, -0.1) is 0 Å². The molecule has 0 spiro atoms. The molecule has 0 amide bonds. The summed E-state index contributed by atoms with van der Waals surface area (Å²) in [7, 11) is -2.30. The molecule has 1 fully saturated rings. The molecule has 5 atom stereocenters. The number of carbonyl (C=O) groups excluding carboxylic acids is 1. The van der Waals surface area contributed by atoms with Crippen molar-refractivity contribution in [3.05, 3.63) is 10.4 Å². The third-order valence-electron chi connectivity index (χ3n) is 4.52. The zero-order valence-electron chi connectivity index (χ0n) is 15.0. The van der Waals surface area contributed by atoms with Gasteiger partial charge in [-0.25, -0.2) is 0 Å². The lowest BCUT2D eigenvalue weighted by atomic mass is 9.98. The maximum atomic E-state index is 11.0. The molecule has 0 bridgehead atoms. The summed E-state index contributed by atoms with van der Waals surface area (Å²) in [5, 5.41) is 23.8. The van der Waals surface area contributed by atoms with E-state index in [0.717, 1.165) is 0 Å². The summed E-state index contributed by atoms with van der Waals surface area (Å²) in [5.41, 5.74) is 8.74. The van der Waals surface area contributed by atoms with E-state index in [1.54, 1.807) is 0 Å². The third-order valence-corrected chi connectivity index (χ3v) is 8.96. The van der Waals surface area contributed by atoms with Gasteiger partial charge in [0.05, 0.1) is 6.10 Å². The fourth-order valence-electron chi connectivity index (χ4n) is 2.00. The van der Waals surface area contributed by atoms with Crippen LogP contribution in [-0.4, -0.2) is 61.8 Å². The molecule has 1 aliphatic rings. The Morgan fingerprint density at radius 1 is 1.33 bits per heavy atom. The minimum Gasteiger partial charge on any atom is -0.463 e. The van der Waals surface area contributed by atoms with Gasteiger partial charge >= 0.3 is 5.97 Å². The Labute approximate surface area is 142 Å². The fourth-order valence-corrected chi connectivity index (χ4v) is 3.13. The van der Waals surface area contributed by atoms with Gasteiger partial charge in [-0.2, -0.15) is 0 Å². The summed E-state index contributed by atoms with van der Waals surface area (Å²) in [6.45, 7) is 11.1. The lowest BCUT2D eigenvalue weighted by Gasteiger charge is -2.46. The molecule has 2 N–H and O–H groups in total. The Bertz CT molecular complexity index is 503. The van der Waals surface area contributed by atoms with Gasteiger partial charge in [0.2, 0.25) is 0 Å².